The molecule has 0 spiro atoms. The summed E-state index contributed by atoms with van der Waals surface area (Å²) in [6.45, 7) is 1.13. The Labute approximate surface area is 195 Å². The third kappa shape index (κ3) is 5.14. The van der Waals surface area contributed by atoms with Gasteiger partial charge in [0.15, 0.2) is 0 Å². The summed E-state index contributed by atoms with van der Waals surface area (Å²) in [6.07, 6.45) is -4.46. The first kappa shape index (κ1) is 23.9. The van der Waals surface area contributed by atoms with Crippen LogP contribution in [0.2, 0.25) is 0 Å². The van der Waals surface area contributed by atoms with Crippen LogP contribution in [0.3, 0.4) is 0 Å². The summed E-state index contributed by atoms with van der Waals surface area (Å²) in [5, 5.41) is 2.69. The lowest BCUT2D eigenvalue weighted by Gasteiger charge is -2.26. The largest absolute Gasteiger partial charge is 0.416 e. The van der Waals surface area contributed by atoms with Crippen molar-refractivity contribution in [3.63, 3.8) is 0 Å². The Morgan fingerprint density at radius 1 is 0.912 bits per heavy atom. The van der Waals surface area contributed by atoms with Crippen LogP contribution in [0.25, 0.3) is 11.1 Å². The van der Waals surface area contributed by atoms with Crippen LogP contribution >= 0.6 is 0 Å². The average molecular weight is 491 g/mol. The number of hydrogen-bond acceptors (Lipinski definition) is 4. The van der Waals surface area contributed by atoms with E-state index in [0.717, 1.165) is 12.1 Å². The number of sulfonamides is 1. The standard InChI is InChI=1S/C24H21F3N2O4S/c25-24(26,27)18-10-8-17(9-11-18)21-6-1-2-7-22(21)23(30)28-19-4-3-5-20(16-19)34(31,32)29-12-14-33-15-13-29/h1-11,16H,12-15H2,(H,28,30). The number of alkyl halides is 3. The lowest BCUT2D eigenvalue weighted by molar-refractivity contribution is -0.137. The predicted octanol–water partition coefficient (Wildman–Crippen LogP) is 4.65. The van der Waals surface area contributed by atoms with Crippen LogP contribution in [0.5, 0.6) is 0 Å². The highest BCUT2D eigenvalue weighted by Gasteiger charge is 2.30. The molecule has 1 heterocycles. The Morgan fingerprint density at radius 2 is 1.59 bits per heavy atom. The molecule has 0 radical (unpaired) electrons. The number of benzene rings is 3. The van der Waals surface area contributed by atoms with Crippen molar-refractivity contribution in [1.82, 2.24) is 4.31 Å². The monoisotopic (exact) mass is 490 g/mol. The fraction of sp³-hybridized carbons (Fsp3) is 0.208. The van der Waals surface area contributed by atoms with Crippen LogP contribution in [-0.4, -0.2) is 44.9 Å². The maximum atomic E-state index is 13.0. The van der Waals surface area contributed by atoms with Crippen molar-refractivity contribution < 1.29 is 31.1 Å². The minimum Gasteiger partial charge on any atom is -0.379 e. The average Bonchev–Trinajstić information content (AvgIpc) is 2.84. The molecule has 178 valence electrons. The van der Waals surface area contributed by atoms with Gasteiger partial charge in [-0.15, -0.1) is 0 Å². The van der Waals surface area contributed by atoms with E-state index in [1.807, 2.05) is 0 Å². The SMILES string of the molecule is O=C(Nc1cccc(S(=O)(=O)N2CCOCC2)c1)c1ccccc1-c1ccc(C(F)(F)F)cc1. The number of halogens is 3. The zero-order valence-corrected chi connectivity index (χ0v) is 18.7. The predicted molar refractivity (Wildman–Crippen MR) is 121 cm³/mol. The quantitative estimate of drug-likeness (QED) is 0.565. The third-order valence-electron chi connectivity index (χ3n) is 5.39. The van der Waals surface area contributed by atoms with Crippen molar-refractivity contribution in [3.8, 4) is 11.1 Å². The molecule has 1 fully saturated rings. The van der Waals surface area contributed by atoms with Crippen molar-refractivity contribution >= 4 is 21.6 Å². The van der Waals surface area contributed by atoms with E-state index in [1.165, 1.54) is 34.6 Å². The number of morpholine rings is 1. The second kappa shape index (κ2) is 9.57. The zero-order valence-electron chi connectivity index (χ0n) is 17.9. The molecule has 4 rings (SSSR count). The highest BCUT2D eigenvalue weighted by atomic mass is 32.2. The lowest BCUT2D eigenvalue weighted by atomic mass is 9.98. The molecule has 1 amide bonds. The molecule has 1 N–H and O–H groups in total. The molecule has 0 bridgehead atoms. The van der Waals surface area contributed by atoms with Gasteiger partial charge in [-0.25, -0.2) is 8.42 Å². The van der Waals surface area contributed by atoms with Gasteiger partial charge in [0.2, 0.25) is 10.0 Å². The Bertz CT molecular complexity index is 1290. The van der Waals surface area contributed by atoms with E-state index in [1.54, 1.807) is 30.3 Å². The number of hydrogen-bond donors (Lipinski definition) is 1. The Balaban J connectivity index is 1.58. The summed E-state index contributed by atoms with van der Waals surface area (Å²) in [6, 6.07) is 17.0. The molecule has 0 saturated carbocycles. The van der Waals surface area contributed by atoms with Gasteiger partial charge >= 0.3 is 6.18 Å². The summed E-state index contributed by atoms with van der Waals surface area (Å²) < 4.78 is 71.0. The van der Waals surface area contributed by atoms with Crippen LogP contribution in [0.4, 0.5) is 18.9 Å². The summed E-state index contributed by atoms with van der Waals surface area (Å²) in [5.74, 6) is -0.517. The Hall–Kier alpha value is -3.21. The van der Waals surface area contributed by atoms with Gasteiger partial charge in [0.25, 0.3) is 5.91 Å². The number of anilines is 1. The van der Waals surface area contributed by atoms with Crippen molar-refractivity contribution in [1.29, 1.82) is 0 Å². The number of amides is 1. The Morgan fingerprint density at radius 3 is 2.26 bits per heavy atom. The number of nitrogens with one attached hydrogen (secondary N) is 1. The number of ether oxygens (including phenoxy) is 1. The molecule has 10 heteroatoms. The van der Waals surface area contributed by atoms with Crippen molar-refractivity contribution in [2.45, 2.75) is 11.1 Å². The van der Waals surface area contributed by atoms with Crippen LogP contribution in [0.1, 0.15) is 15.9 Å². The first-order valence-corrected chi connectivity index (χ1v) is 11.9. The van der Waals surface area contributed by atoms with Crippen LogP contribution < -0.4 is 5.32 Å². The van der Waals surface area contributed by atoms with E-state index in [4.69, 9.17) is 4.74 Å². The van der Waals surface area contributed by atoms with Gasteiger partial charge < -0.3 is 10.1 Å². The van der Waals surface area contributed by atoms with Crippen molar-refractivity contribution in [3.05, 3.63) is 83.9 Å². The summed E-state index contributed by atoms with van der Waals surface area (Å²) in [7, 11) is -3.74. The Kier molecular flexibility index (Phi) is 6.74. The van der Waals surface area contributed by atoms with Gasteiger partial charge in [-0.2, -0.15) is 17.5 Å². The number of carbonyl (C=O) groups excluding carboxylic acids is 1. The third-order valence-corrected chi connectivity index (χ3v) is 7.29. The highest BCUT2D eigenvalue weighted by molar-refractivity contribution is 7.89. The molecule has 6 nitrogen and oxygen atoms in total. The summed E-state index contributed by atoms with van der Waals surface area (Å²) >= 11 is 0. The molecule has 34 heavy (non-hydrogen) atoms. The van der Waals surface area contributed by atoms with E-state index >= 15 is 0 Å². The molecule has 0 unspecified atom stereocenters. The second-order valence-corrected chi connectivity index (χ2v) is 9.56. The topological polar surface area (TPSA) is 75.7 Å². The normalized spacial score (nSPS) is 15.1. The van der Waals surface area contributed by atoms with Crippen LogP contribution in [0.15, 0.2) is 77.7 Å². The molecule has 1 saturated heterocycles. The molecule has 0 atom stereocenters. The minimum atomic E-state index is -4.46. The van der Waals surface area contributed by atoms with Gasteiger partial charge in [-0.3, -0.25) is 4.79 Å². The molecular weight excluding hydrogens is 469 g/mol. The van der Waals surface area contributed by atoms with Gasteiger partial charge in [0.1, 0.15) is 0 Å². The molecule has 1 aliphatic heterocycles. The molecular formula is C24H21F3N2O4S. The molecule has 3 aromatic carbocycles. The van der Waals surface area contributed by atoms with Gasteiger partial charge in [0, 0.05) is 24.3 Å². The first-order valence-electron chi connectivity index (χ1n) is 10.4. The van der Waals surface area contributed by atoms with Crippen LogP contribution in [0, 0.1) is 0 Å². The molecule has 3 aromatic rings. The second-order valence-electron chi connectivity index (χ2n) is 7.62. The molecule has 0 aromatic heterocycles. The van der Waals surface area contributed by atoms with E-state index in [2.05, 4.69) is 5.32 Å². The summed E-state index contributed by atoms with van der Waals surface area (Å²) in [4.78, 5) is 13.1. The van der Waals surface area contributed by atoms with E-state index in [-0.39, 0.29) is 29.2 Å². The molecule has 0 aliphatic carbocycles. The van der Waals surface area contributed by atoms with Gasteiger partial charge in [-0.05, 0) is 47.5 Å². The van der Waals surface area contributed by atoms with Gasteiger partial charge in [0.05, 0.1) is 23.7 Å². The van der Waals surface area contributed by atoms with Crippen molar-refractivity contribution in [2.75, 3.05) is 31.6 Å². The number of rotatable bonds is 5. The van der Waals surface area contributed by atoms with E-state index < -0.39 is 27.7 Å². The van der Waals surface area contributed by atoms with Gasteiger partial charge in [-0.1, -0.05) is 36.4 Å². The smallest absolute Gasteiger partial charge is 0.379 e. The van der Waals surface area contributed by atoms with E-state index in [9.17, 15) is 26.4 Å². The number of carbonyl (C=O) groups is 1. The fourth-order valence-corrected chi connectivity index (χ4v) is 5.09. The van der Waals surface area contributed by atoms with Crippen LogP contribution in [-0.2, 0) is 20.9 Å². The highest BCUT2D eigenvalue weighted by Crippen LogP contribution is 2.32. The number of nitrogens with zero attached hydrogens (tertiary/aromatic N) is 1. The minimum absolute atomic E-state index is 0.0447. The van der Waals surface area contributed by atoms with E-state index in [0.29, 0.717) is 24.3 Å². The maximum Gasteiger partial charge on any atom is 0.416 e. The van der Waals surface area contributed by atoms with Crippen molar-refractivity contribution in [2.24, 2.45) is 0 Å². The maximum absolute atomic E-state index is 13.0. The summed E-state index contributed by atoms with van der Waals surface area (Å²) in [5.41, 5.74) is 0.634. The zero-order chi connectivity index (χ0) is 24.3. The fourth-order valence-electron chi connectivity index (χ4n) is 3.64. The lowest BCUT2D eigenvalue weighted by Crippen LogP contribution is -2.40. The first-order chi connectivity index (χ1) is 16.2. The molecule has 1 aliphatic rings.